The lowest BCUT2D eigenvalue weighted by molar-refractivity contribution is 0.369. The van der Waals surface area contributed by atoms with Crippen LogP contribution in [0.2, 0.25) is 0 Å². The summed E-state index contributed by atoms with van der Waals surface area (Å²) in [4.78, 5) is 0.258. The van der Waals surface area contributed by atoms with Crippen LogP contribution in [0.15, 0.2) is 27.6 Å². The van der Waals surface area contributed by atoms with Crippen molar-refractivity contribution in [3.8, 4) is 0 Å². The van der Waals surface area contributed by atoms with Crippen LogP contribution in [0.3, 0.4) is 0 Å². The standard InChI is InChI=1S/C11H17BrN2O2S/c1-4-14(8(2)3)17(15,16)9-5-6-11(13)10(12)7-9/h5-8H,4,13H2,1-3H3. The molecule has 0 radical (unpaired) electrons. The minimum atomic E-state index is -3.44. The van der Waals surface area contributed by atoms with Gasteiger partial charge in [0, 0.05) is 22.7 Å². The number of nitrogens with zero attached hydrogens (tertiary/aromatic N) is 1. The first kappa shape index (κ1) is 14.5. The van der Waals surface area contributed by atoms with E-state index in [-0.39, 0.29) is 10.9 Å². The van der Waals surface area contributed by atoms with Gasteiger partial charge in [0.15, 0.2) is 0 Å². The molecule has 0 aliphatic carbocycles. The summed E-state index contributed by atoms with van der Waals surface area (Å²) >= 11 is 3.24. The van der Waals surface area contributed by atoms with Crippen LogP contribution in [0.4, 0.5) is 5.69 Å². The zero-order chi connectivity index (χ0) is 13.2. The average molecular weight is 321 g/mol. The Labute approximate surface area is 111 Å². The van der Waals surface area contributed by atoms with Crippen molar-refractivity contribution in [1.29, 1.82) is 0 Å². The van der Waals surface area contributed by atoms with Gasteiger partial charge in [-0.1, -0.05) is 6.92 Å². The van der Waals surface area contributed by atoms with Gasteiger partial charge in [0.25, 0.3) is 0 Å². The number of nitrogen functional groups attached to an aromatic ring is 1. The summed E-state index contributed by atoms with van der Waals surface area (Å²) in [6, 6.07) is 4.59. The zero-order valence-corrected chi connectivity index (χ0v) is 12.5. The maximum absolute atomic E-state index is 12.3. The topological polar surface area (TPSA) is 63.4 Å². The molecule has 0 heterocycles. The van der Waals surface area contributed by atoms with E-state index >= 15 is 0 Å². The van der Waals surface area contributed by atoms with E-state index in [2.05, 4.69) is 15.9 Å². The van der Waals surface area contributed by atoms with Crippen molar-refractivity contribution in [2.24, 2.45) is 0 Å². The van der Waals surface area contributed by atoms with E-state index in [1.54, 1.807) is 6.07 Å². The molecular formula is C11H17BrN2O2S. The zero-order valence-electron chi connectivity index (χ0n) is 10.1. The van der Waals surface area contributed by atoms with Gasteiger partial charge >= 0.3 is 0 Å². The fourth-order valence-corrected chi connectivity index (χ4v) is 3.82. The van der Waals surface area contributed by atoms with Crippen LogP contribution in [0.25, 0.3) is 0 Å². The molecule has 0 amide bonds. The number of benzene rings is 1. The van der Waals surface area contributed by atoms with Crippen molar-refractivity contribution in [2.45, 2.75) is 31.7 Å². The van der Waals surface area contributed by atoms with E-state index in [1.165, 1.54) is 16.4 Å². The summed E-state index contributed by atoms with van der Waals surface area (Å²) in [5.74, 6) is 0. The van der Waals surface area contributed by atoms with E-state index in [0.29, 0.717) is 16.7 Å². The average Bonchev–Trinajstić information content (AvgIpc) is 2.21. The maximum atomic E-state index is 12.3. The smallest absolute Gasteiger partial charge is 0.243 e. The highest BCUT2D eigenvalue weighted by atomic mass is 79.9. The lowest BCUT2D eigenvalue weighted by Crippen LogP contribution is -2.36. The molecule has 0 unspecified atom stereocenters. The number of sulfonamides is 1. The molecule has 0 bridgehead atoms. The van der Waals surface area contributed by atoms with E-state index in [0.717, 1.165) is 0 Å². The Hall–Kier alpha value is -0.590. The van der Waals surface area contributed by atoms with Gasteiger partial charge in [0.1, 0.15) is 0 Å². The predicted molar refractivity (Wildman–Crippen MR) is 73.3 cm³/mol. The molecule has 0 atom stereocenters. The van der Waals surface area contributed by atoms with Gasteiger partial charge in [0.2, 0.25) is 10.0 Å². The molecule has 6 heteroatoms. The Morgan fingerprint density at radius 3 is 2.41 bits per heavy atom. The second-order valence-corrected chi connectivity index (χ2v) is 6.73. The Kier molecular flexibility index (Phi) is 4.57. The molecule has 0 saturated heterocycles. The fourth-order valence-electron chi connectivity index (χ4n) is 1.62. The molecule has 0 saturated carbocycles. The number of anilines is 1. The largest absolute Gasteiger partial charge is 0.398 e. The Bertz CT molecular complexity index is 500. The van der Waals surface area contributed by atoms with Crippen molar-refractivity contribution in [1.82, 2.24) is 4.31 Å². The first-order valence-corrected chi connectivity index (χ1v) is 7.61. The lowest BCUT2D eigenvalue weighted by atomic mass is 10.3. The molecular weight excluding hydrogens is 304 g/mol. The maximum Gasteiger partial charge on any atom is 0.243 e. The van der Waals surface area contributed by atoms with E-state index in [1.807, 2.05) is 20.8 Å². The molecule has 4 nitrogen and oxygen atoms in total. The summed E-state index contributed by atoms with van der Waals surface area (Å²) < 4.78 is 26.7. The highest BCUT2D eigenvalue weighted by Gasteiger charge is 2.25. The summed E-state index contributed by atoms with van der Waals surface area (Å²) in [5, 5.41) is 0. The minimum absolute atomic E-state index is 0.0682. The summed E-state index contributed by atoms with van der Waals surface area (Å²) in [7, 11) is -3.44. The van der Waals surface area contributed by atoms with E-state index < -0.39 is 10.0 Å². The molecule has 1 aromatic rings. The number of hydrogen-bond acceptors (Lipinski definition) is 3. The Morgan fingerprint density at radius 2 is 2.00 bits per heavy atom. The Balaban J connectivity index is 3.25. The number of rotatable bonds is 4. The lowest BCUT2D eigenvalue weighted by Gasteiger charge is -2.24. The highest BCUT2D eigenvalue weighted by Crippen LogP contribution is 2.25. The monoisotopic (exact) mass is 320 g/mol. The molecule has 17 heavy (non-hydrogen) atoms. The first-order chi connectivity index (χ1) is 7.80. The summed E-state index contributed by atoms with van der Waals surface area (Å²) in [6.45, 7) is 5.98. The fraction of sp³-hybridized carbons (Fsp3) is 0.455. The van der Waals surface area contributed by atoms with Gasteiger partial charge in [-0.25, -0.2) is 8.42 Å². The molecule has 1 aromatic carbocycles. The van der Waals surface area contributed by atoms with Gasteiger partial charge in [-0.3, -0.25) is 0 Å². The molecule has 0 aliphatic rings. The molecule has 96 valence electrons. The van der Waals surface area contributed by atoms with Crippen molar-refractivity contribution in [2.75, 3.05) is 12.3 Å². The molecule has 0 aromatic heterocycles. The second-order valence-electron chi connectivity index (χ2n) is 3.99. The van der Waals surface area contributed by atoms with Crippen LogP contribution in [-0.2, 0) is 10.0 Å². The van der Waals surface area contributed by atoms with Crippen molar-refractivity contribution in [3.63, 3.8) is 0 Å². The number of hydrogen-bond donors (Lipinski definition) is 1. The van der Waals surface area contributed by atoms with Gasteiger partial charge in [-0.05, 0) is 48.0 Å². The normalized spacial score (nSPS) is 12.4. The van der Waals surface area contributed by atoms with Crippen LogP contribution in [0.5, 0.6) is 0 Å². The molecule has 0 fully saturated rings. The van der Waals surface area contributed by atoms with Crippen LogP contribution in [0, 0.1) is 0 Å². The highest BCUT2D eigenvalue weighted by molar-refractivity contribution is 9.10. The van der Waals surface area contributed by atoms with Gasteiger partial charge in [-0.2, -0.15) is 4.31 Å². The molecule has 1 rings (SSSR count). The second kappa shape index (κ2) is 5.37. The summed E-state index contributed by atoms with van der Waals surface area (Å²) in [6.07, 6.45) is 0. The third kappa shape index (κ3) is 3.00. The summed E-state index contributed by atoms with van der Waals surface area (Å²) in [5.41, 5.74) is 6.17. The quantitative estimate of drug-likeness (QED) is 0.867. The first-order valence-electron chi connectivity index (χ1n) is 5.37. The SMILES string of the molecule is CCN(C(C)C)S(=O)(=O)c1ccc(N)c(Br)c1. The van der Waals surface area contributed by atoms with Crippen LogP contribution in [0.1, 0.15) is 20.8 Å². The van der Waals surface area contributed by atoms with E-state index in [4.69, 9.17) is 5.73 Å². The van der Waals surface area contributed by atoms with Crippen LogP contribution in [-0.4, -0.2) is 25.3 Å². The molecule has 0 aliphatic heterocycles. The van der Waals surface area contributed by atoms with E-state index in [9.17, 15) is 8.42 Å². The minimum Gasteiger partial charge on any atom is -0.398 e. The molecule has 0 spiro atoms. The third-order valence-electron chi connectivity index (χ3n) is 2.47. The van der Waals surface area contributed by atoms with Crippen molar-refractivity contribution < 1.29 is 8.42 Å². The predicted octanol–water partition coefficient (Wildman–Crippen LogP) is 2.45. The number of halogens is 1. The van der Waals surface area contributed by atoms with Gasteiger partial charge < -0.3 is 5.73 Å². The van der Waals surface area contributed by atoms with Crippen molar-refractivity contribution >= 4 is 31.6 Å². The van der Waals surface area contributed by atoms with Gasteiger partial charge in [0.05, 0.1) is 4.90 Å². The third-order valence-corrected chi connectivity index (χ3v) is 5.30. The molecule has 2 N–H and O–H groups in total. The van der Waals surface area contributed by atoms with Crippen LogP contribution < -0.4 is 5.73 Å². The Morgan fingerprint density at radius 1 is 1.41 bits per heavy atom. The number of nitrogens with two attached hydrogens (primary N) is 1. The van der Waals surface area contributed by atoms with Gasteiger partial charge in [-0.15, -0.1) is 0 Å². The van der Waals surface area contributed by atoms with Crippen molar-refractivity contribution in [3.05, 3.63) is 22.7 Å². The van der Waals surface area contributed by atoms with Crippen LogP contribution >= 0.6 is 15.9 Å².